The van der Waals surface area contributed by atoms with Gasteiger partial charge in [-0.1, -0.05) is 61.2 Å². The number of para-hydroxylation sites is 1. The van der Waals surface area contributed by atoms with Gasteiger partial charge in [0.2, 0.25) is 0 Å². The highest BCUT2D eigenvalue weighted by Crippen LogP contribution is 2.25. The summed E-state index contributed by atoms with van der Waals surface area (Å²) in [5, 5.41) is 4.93. The van der Waals surface area contributed by atoms with Crippen LogP contribution in [0.1, 0.15) is 15.9 Å². The molecule has 0 unspecified atom stereocenters. The minimum absolute atomic E-state index is 0.294. The molecular weight excluding hydrogens is 513 g/mol. The summed E-state index contributed by atoms with van der Waals surface area (Å²) in [5.74, 6) is 0.487. The highest BCUT2D eigenvalue weighted by molar-refractivity contribution is 14.1. The first-order chi connectivity index (χ1) is 15.7. The summed E-state index contributed by atoms with van der Waals surface area (Å²) in [5.41, 5.74) is 6.46. The molecule has 0 saturated carbocycles. The molecule has 0 fully saturated rings. The van der Waals surface area contributed by atoms with E-state index in [1.54, 1.807) is 18.4 Å². The summed E-state index contributed by atoms with van der Waals surface area (Å²) in [6.07, 6.45) is 3.31. The molecule has 5 nitrogen and oxygen atoms in total. The van der Waals surface area contributed by atoms with Crippen LogP contribution in [0.25, 0.3) is 22.2 Å². The van der Waals surface area contributed by atoms with Crippen molar-refractivity contribution in [2.24, 2.45) is 5.10 Å². The number of hydrazone groups is 1. The Morgan fingerprint density at radius 3 is 2.62 bits per heavy atom. The third-order valence-corrected chi connectivity index (χ3v) is 5.57. The standard InChI is InChI=1S/C26H20IN3O2/c1-2-14-32-25-13-12-18(15-22(25)27)17-28-30-26(31)21-16-24(19-8-4-3-5-9-19)29-23-11-7-6-10-20(21)23/h2-13,15-17H,1,14H2,(H,30,31)/b28-17+. The van der Waals surface area contributed by atoms with Gasteiger partial charge < -0.3 is 4.74 Å². The number of carbonyl (C=O) groups is 1. The number of hydrogen-bond acceptors (Lipinski definition) is 4. The minimum atomic E-state index is -0.294. The van der Waals surface area contributed by atoms with Gasteiger partial charge in [-0.05, 0) is 58.5 Å². The normalized spacial score (nSPS) is 10.9. The number of nitrogens with one attached hydrogen (secondary N) is 1. The van der Waals surface area contributed by atoms with Gasteiger partial charge in [0.15, 0.2) is 0 Å². The van der Waals surface area contributed by atoms with E-state index in [-0.39, 0.29) is 5.91 Å². The molecule has 0 saturated heterocycles. The molecule has 0 atom stereocenters. The Bertz CT molecular complexity index is 1300. The van der Waals surface area contributed by atoms with Crippen LogP contribution in [0, 0.1) is 3.57 Å². The first-order valence-corrected chi connectivity index (χ1v) is 11.1. The molecular formula is C26H20IN3O2. The molecule has 158 valence electrons. The topological polar surface area (TPSA) is 63.6 Å². The van der Waals surface area contributed by atoms with Gasteiger partial charge in [0.25, 0.3) is 5.91 Å². The van der Waals surface area contributed by atoms with E-state index in [0.29, 0.717) is 12.2 Å². The lowest BCUT2D eigenvalue weighted by molar-refractivity contribution is 0.0956. The van der Waals surface area contributed by atoms with Gasteiger partial charge in [0, 0.05) is 10.9 Å². The maximum Gasteiger partial charge on any atom is 0.272 e. The second-order valence-corrected chi connectivity index (χ2v) is 8.09. The monoisotopic (exact) mass is 533 g/mol. The number of benzene rings is 3. The van der Waals surface area contributed by atoms with E-state index in [1.807, 2.05) is 72.8 Å². The predicted molar refractivity (Wildman–Crippen MR) is 137 cm³/mol. The number of fused-ring (bicyclic) bond motifs is 1. The fraction of sp³-hybridized carbons (Fsp3) is 0.0385. The van der Waals surface area contributed by atoms with Crippen LogP contribution in [0.5, 0.6) is 5.75 Å². The first kappa shape index (κ1) is 21.7. The first-order valence-electron chi connectivity index (χ1n) is 9.97. The lowest BCUT2D eigenvalue weighted by atomic mass is 10.0. The number of aromatic nitrogens is 1. The smallest absolute Gasteiger partial charge is 0.272 e. The Hall–Kier alpha value is -3.52. The molecule has 0 aliphatic rings. The zero-order valence-corrected chi connectivity index (χ0v) is 19.3. The Morgan fingerprint density at radius 2 is 1.84 bits per heavy atom. The van der Waals surface area contributed by atoms with Gasteiger partial charge in [-0.25, -0.2) is 10.4 Å². The number of ether oxygens (including phenoxy) is 1. The molecule has 1 N–H and O–H groups in total. The average Bonchev–Trinajstić information content (AvgIpc) is 2.83. The van der Waals surface area contributed by atoms with Crippen LogP contribution in [0.15, 0.2) is 96.6 Å². The molecule has 32 heavy (non-hydrogen) atoms. The van der Waals surface area contributed by atoms with Crippen LogP contribution in [0.2, 0.25) is 0 Å². The van der Waals surface area contributed by atoms with Gasteiger partial charge >= 0.3 is 0 Å². The van der Waals surface area contributed by atoms with Crippen LogP contribution >= 0.6 is 22.6 Å². The third-order valence-electron chi connectivity index (χ3n) is 4.72. The predicted octanol–water partition coefficient (Wildman–Crippen LogP) is 5.84. The lowest BCUT2D eigenvalue weighted by Crippen LogP contribution is -2.18. The van der Waals surface area contributed by atoms with Gasteiger partial charge in [-0.2, -0.15) is 5.10 Å². The number of rotatable bonds is 7. The van der Waals surface area contributed by atoms with Crippen molar-refractivity contribution in [2.75, 3.05) is 6.61 Å². The van der Waals surface area contributed by atoms with Crippen molar-refractivity contribution in [2.45, 2.75) is 0 Å². The van der Waals surface area contributed by atoms with E-state index in [4.69, 9.17) is 9.72 Å². The summed E-state index contributed by atoms with van der Waals surface area (Å²) in [6.45, 7) is 4.10. The van der Waals surface area contributed by atoms with Crippen molar-refractivity contribution < 1.29 is 9.53 Å². The van der Waals surface area contributed by atoms with Gasteiger partial charge in [0.1, 0.15) is 12.4 Å². The highest BCUT2D eigenvalue weighted by atomic mass is 127. The average molecular weight is 533 g/mol. The number of nitrogens with zero attached hydrogens (tertiary/aromatic N) is 2. The summed E-state index contributed by atoms with van der Waals surface area (Å²) >= 11 is 2.20. The summed E-state index contributed by atoms with van der Waals surface area (Å²) in [4.78, 5) is 17.7. The SMILES string of the molecule is C=CCOc1ccc(/C=N/NC(=O)c2cc(-c3ccccc3)nc3ccccc23)cc1I. The van der Waals surface area contributed by atoms with Crippen molar-refractivity contribution in [1.82, 2.24) is 10.4 Å². The van der Waals surface area contributed by atoms with E-state index < -0.39 is 0 Å². The Balaban J connectivity index is 1.57. The molecule has 4 rings (SSSR count). The van der Waals surface area contributed by atoms with Crippen LogP contribution in [0.4, 0.5) is 0 Å². The van der Waals surface area contributed by atoms with E-state index >= 15 is 0 Å². The largest absolute Gasteiger partial charge is 0.488 e. The van der Waals surface area contributed by atoms with E-state index in [1.165, 1.54) is 0 Å². The van der Waals surface area contributed by atoms with Crippen molar-refractivity contribution >= 4 is 45.6 Å². The van der Waals surface area contributed by atoms with Gasteiger partial charge in [-0.3, -0.25) is 4.79 Å². The molecule has 1 aromatic heterocycles. The molecule has 1 amide bonds. The summed E-state index contributed by atoms with van der Waals surface area (Å²) in [7, 11) is 0. The minimum Gasteiger partial charge on any atom is -0.488 e. The van der Waals surface area contributed by atoms with Gasteiger partial charge in [0.05, 0.1) is 26.6 Å². The third kappa shape index (κ3) is 5.03. The van der Waals surface area contributed by atoms with E-state index in [0.717, 1.165) is 37.0 Å². The molecule has 0 aliphatic heterocycles. The molecule has 0 bridgehead atoms. The van der Waals surface area contributed by atoms with Crippen LogP contribution in [0.3, 0.4) is 0 Å². The highest BCUT2D eigenvalue weighted by Gasteiger charge is 2.13. The molecule has 1 heterocycles. The molecule has 6 heteroatoms. The number of hydrogen-bond donors (Lipinski definition) is 1. The quantitative estimate of drug-likeness (QED) is 0.141. The maximum absolute atomic E-state index is 13.0. The number of carbonyl (C=O) groups excluding carboxylic acids is 1. The van der Waals surface area contributed by atoms with Crippen LogP contribution in [-0.4, -0.2) is 23.7 Å². The second-order valence-electron chi connectivity index (χ2n) is 6.93. The van der Waals surface area contributed by atoms with E-state index in [9.17, 15) is 4.79 Å². The lowest BCUT2D eigenvalue weighted by Gasteiger charge is -2.09. The Morgan fingerprint density at radius 1 is 1.06 bits per heavy atom. The molecule has 0 spiro atoms. The summed E-state index contributed by atoms with van der Waals surface area (Å²) in [6, 6.07) is 24.9. The van der Waals surface area contributed by atoms with Crippen LogP contribution < -0.4 is 10.2 Å². The number of amides is 1. The van der Waals surface area contributed by atoms with Gasteiger partial charge in [-0.15, -0.1) is 0 Å². The summed E-state index contributed by atoms with van der Waals surface area (Å²) < 4.78 is 6.54. The fourth-order valence-corrected chi connectivity index (χ4v) is 3.90. The Kier molecular flexibility index (Phi) is 6.91. The van der Waals surface area contributed by atoms with E-state index in [2.05, 4.69) is 39.7 Å². The molecule has 4 aromatic rings. The zero-order valence-electron chi connectivity index (χ0n) is 17.2. The molecule has 3 aromatic carbocycles. The van der Waals surface area contributed by atoms with Crippen molar-refractivity contribution in [1.29, 1.82) is 0 Å². The molecule has 0 radical (unpaired) electrons. The second kappa shape index (κ2) is 10.2. The maximum atomic E-state index is 13.0. The fourth-order valence-electron chi connectivity index (χ4n) is 3.21. The number of halogens is 1. The van der Waals surface area contributed by atoms with Crippen molar-refractivity contribution in [3.05, 3.63) is 106 Å². The van der Waals surface area contributed by atoms with Crippen molar-refractivity contribution in [3.8, 4) is 17.0 Å². The van der Waals surface area contributed by atoms with Crippen LogP contribution in [-0.2, 0) is 0 Å². The molecule has 0 aliphatic carbocycles. The Labute approximate surface area is 200 Å². The number of pyridine rings is 1. The van der Waals surface area contributed by atoms with Crippen molar-refractivity contribution in [3.63, 3.8) is 0 Å². The zero-order chi connectivity index (χ0) is 22.3.